The Morgan fingerprint density at radius 3 is 2.03 bits per heavy atom. The Kier molecular flexibility index (Phi) is 8.88. The van der Waals surface area contributed by atoms with Crippen LogP contribution < -0.4 is 5.32 Å². The van der Waals surface area contributed by atoms with Crippen LogP contribution in [0, 0.1) is 0 Å². The zero-order chi connectivity index (χ0) is 24.0. The third-order valence-electron chi connectivity index (χ3n) is 4.00. The van der Waals surface area contributed by atoms with Crippen molar-refractivity contribution in [3.8, 4) is 0 Å². The number of ether oxygens (including phenoxy) is 1. The molecule has 1 N–H and O–H groups in total. The molecule has 0 spiro atoms. The summed E-state index contributed by atoms with van der Waals surface area (Å²) in [5.41, 5.74) is -0.0876. The van der Waals surface area contributed by atoms with Crippen LogP contribution in [0.5, 0.6) is 0 Å². The molecule has 1 aromatic carbocycles. The summed E-state index contributed by atoms with van der Waals surface area (Å²) < 4.78 is 30.7. The Hall–Kier alpha value is -2.79. The van der Waals surface area contributed by atoms with Crippen molar-refractivity contribution in [2.45, 2.75) is 38.1 Å². The Bertz CT molecular complexity index is 935. The third-order valence-corrected chi connectivity index (χ3v) is 5.82. The normalized spacial score (nSPS) is 11.7. The highest BCUT2D eigenvalue weighted by atomic mass is 32.2. The van der Waals surface area contributed by atoms with Gasteiger partial charge in [0, 0.05) is 25.2 Å². The molecule has 0 radical (unpaired) electrons. The lowest BCUT2D eigenvalue weighted by atomic mass is 10.1. The molecule has 172 valence electrons. The number of benzene rings is 1. The van der Waals surface area contributed by atoms with Crippen LogP contribution in [0.15, 0.2) is 29.2 Å². The van der Waals surface area contributed by atoms with E-state index in [-0.39, 0.29) is 23.1 Å². The standard InChI is InChI=1S/C20H29N3O7S/c1-14(24)15-7-9-16(10-8-15)31(28,29)23(6)12-19(27)30-13-18(26)22(5)11-17(25)21-20(2,3)4/h7-10H,11-13H2,1-6H3,(H,21,25). The van der Waals surface area contributed by atoms with Gasteiger partial charge in [-0.3, -0.25) is 19.2 Å². The second-order valence-electron chi connectivity index (χ2n) is 8.05. The van der Waals surface area contributed by atoms with Crippen LogP contribution in [0.25, 0.3) is 0 Å². The van der Waals surface area contributed by atoms with Crippen LogP contribution >= 0.6 is 0 Å². The minimum atomic E-state index is -3.99. The van der Waals surface area contributed by atoms with Crippen LogP contribution in [0.1, 0.15) is 38.1 Å². The first kappa shape index (κ1) is 26.2. The van der Waals surface area contributed by atoms with E-state index in [9.17, 15) is 27.6 Å². The lowest BCUT2D eigenvalue weighted by Crippen LogP contribution is -2.47. The molecule has 0 saturated heterocycles. The fraction of sp³-hybridized carbons (Fsp3) is 0.500. The van der Waals surface area contributed by atoms with Crippen LogP contribution in [-0.2, 0) is 29.1 Å². The van der Waals surface area contributed by atoms with E-state index in [1.165, 1.54) is 45.3 Å². The van der Waals surface area contributed by atoms with E-state index in [2.05, 4.69) is 5.32 Å². The summed E-state index contributed by atoms with van der Waals surface area (Å²) in [6.07, 6.45) is 0. The number of nitrogens with zero attached hydrogens (tertiary/aromatic N) is 2. The van der Waals surface area contributed by atoms with Gasteiger partial charge in [-0.2, -0.15) is 4.31 Å². The number of amides is 2. The molecule has 11 heteroatoms. The maximum atomic E-state index is 12.5. The molecule has 2 amide bonds. The van der Waals surface area contributed by atoms with Gasteiger partial charge in [0.15, 0.2) is 12.4 Å². The average molecular weight is 456 g/mol. The summed E-state index contributed by atoms with van der Waals surface area (Å²) in [7, 11) is -1.41. The Balaban J connectivity index is 2.60. The molecule has 31 heavy (non-hydrogen) atoms. The van der Waals surface area contributed by atoms with Crippen molar-refractivity contribution in [2.75, 3.05) is 33.8 Å². The number of hydrogen-bond donors (Lipinski definition) is 1. The Morgan fingerprint density at radius 1 is 1.00 bits per heavy atom. The van der Waals surface area contributed by atoms with Crippen molar-refractivity contribution in [1.29, 1.82) is 0 Å². The van der Waals surface area contributed by atoms with Crippen molar-refractivity contribution in [1.82, 2.24) is 14.5 Å². The predicted octanol–water partition coefficient (Wildman–Crippen LogP) is 0.426. The molecule has 0 heterocycles. The Labute approximate surface area is 182 Å². The van der Waals surface area contributed by atoms with Gasteiger partial charge >= 0.3 is 5.97 Å². The highest BCUT2D eigenvalue weighted by Gasteiger charge is 2.25. The molecule has 0 unspecified atom stereocenters. The van der Waals surface area contributed by atoms with Crippen molar-refractivity contribution < 1.29 is 32.3 Å². The van der Waals surface area contributed by atoms with Gasteiger partial charge in [0.1, 0.15) is 6.54 Å². The van der Waals surface area contributed by atoms with Crippen LogP contribution in [0.4, 0.5) is 0 Å². The number of likely N-dealkylation sites (N-methyl/N-ethyl adjacent to an activating group) is 2. The summed E-state index contributed by atoms with van der Waals surface area (Å²) in [6.45, 7) is 5.32. The quantitative estimate of drug-likeness (QED) is 0.422. The molecule has 0 fully saturated rings. The van der Waals surface area contributed by atoms with Gasteiger partial charge in [0.2, 0.25) is 15.9 Å². The number of nitrogens with one attached hydrogen (secondary N) is 1. The van der Waals surface area contributed by atoms with Crippen LogP contribution in [0.2, 0.25) is 0 Å². The van der Waals surface area contributed by atoms with E-state index in [1.54, 1.807) is 20.8 Å². The van der Waals surface area contributed by atoms with Gasteiger partial charge in [0.25, 0.3) is 5.91 Å². The van der Waals surface area contributed by atoms with E-state index in [4.69, 9.17) is 4.74 Å². The fourth-order valence-corrected chi connectivity index (χ4v) is 3.48. The van der Waals surface area contributed by atoms with Gasteiger partial charge < -0.3 is 15.0 Å². The minimum absolute atomic E-state index is 0.0894. The molecule has 0 atom stereocenters. The number of carbonyl (C=O) groups excluding carboxylic acids is 4. The molecule has 10 nitrogen and oxygen atoms in total. The highest BCUT2D eigenvalue weighted by molar-refractivity contribution is 7.89. The Morgan fingerprint density at radius 2 is 1.55 bits per heavy atom. The van der Waals surface area contributed by atoms with Gasteiger partial charge in [-0.05, 0) is 39.8 Å². The van der Waals surface area contributed by atoms with Crippen molar-refractivity contribution in [3.05, 3.63) is 29.8 Å². The van der Waals surface area contributed by atoms with E-state index in [0.717, 1.165) is 9.21 Å². The maximum absolute atomic E-state index is 12.5. The number of esters is 1. The van der Waals surface area contributed by atoms with Crippen LogP contribution in [0.3, 0.4) is 0 Å². The van der Waals surface area contributed by atoms with Gasteiger partial charge in [-0.15, -0.1) is 0 Å². The smallest absolute Gasteiger partial charge is 0.321 e. The minimum Gasteiger partial charge on any atom is -0.455 e. The third kappa shape index (κ3) is 8.46. The molecule has 1 aromatic rings. The fourth-order valence-electron chi connectivity index (χ4n) is 2.37. The van der Waals surface area contributed by atoms with Crippen molar-refractivity contribution in [3.63, 3.8) is 0 Å². The molecule has 0 aliphatic heterocycles. The molecule has 0 aliphatic rings. The topological polar surface area (TPSA) is 130 Å². The van der Waals surface area contributed by atoms with E-state index in [1.807, 2.05) is 0 Å². The van der Waals surface area contributed by atoms with Gasteiger partial charge in [0.05, 0.1) is 11.4 Å². The first-order valence-electron chi connectivity index (χ1n) is 9.41. The molecule has 1 rings (SSSR count). The molecule has 0 aromatic heterocycles. The molecule has 0 aliphatic carbocycles. The summed E-state index contributed by atoms with van der Waals surface area (Å²) in [5.74, 6) is -2.10. The van der Waals surface area contributed by atoms with E-state index >= 15 is 0 Å². The second kappa shape index (κ2) is 10.5. The number of Topliss-reactive ketones (excluding diaryl/α,β-unsaturated/α-hetero) is 1. The largest absolute Gasteiger partial charge is 0.455 e. The van der Waals surface area contributed by atoms with Gasteiger partial charge in [-0.1, -0.05) is 12.1 Å². The van der Waals surface area contributed by atoms with Crippen LogP contribution in [-0.4, -0.2) is 80.5 Å². The van der Waals surface area contributed by atoms with Crippen molar-refractivity contribution >= 4 is 33.6 Å². The summed E-state index contributed by atoms with van der Waals surface area (Å²) in [6, 6.07) is 5.31. The summed E-state index contributed by atoms with van der Waals surface area (Å²) in [5, 5.41) is 2.71. The SMILES string of the molecule is CC(=O)c1ccc(S(=O)(=O)N(C)CC(=O)OCC(=O)N(C)CC(=O)NC(C)(C)C)cc1. The molecular formula is C20H29N3O7S. The first-order chi connectivity index (χ1) is 14.1. The first-order valence-corrected chi connectivity index (χ1v) is 10.9. The number of hydrogen-bond acceptors (Lipinski definition) is 7. The number of rotatable bonds is 9. The lowest BCUT2D eigenvalue weighted by Gasteiger charge is -2.23. The monoisotopic (exact) mass is 455 g/mol. The second-order valence-corrected chi connectivity index (χ2v) is 10.1. The lowest BCUT2D eigenvalue weighted by molar-refractivity contribution is -0.152. The number of ketones is 1. The van der Waals surface area contributed by atoms with Gasteiger partial charge in [-0.25, -0.2) is 8.42 Å². The average Bonchev–Trinajstić information content (AvgIpc) is 2.64. The number of sulfonamides is 1. The molecular weight excluding hydrogens is 426 g/mol. The molecule has 0 bridgehead atoms. The highest BCUT2D eigenvalue weighted by Crippen LogP contribution is 2.15. The molecule has 0 saturated carbocycles. The zero-order valence-electron chi connectivity index (χ0n) is 18.6. The summed E-state index contributed by atoms with van der Waals surface area (Å²) in [4.78, 5) is 48.2. The van der Waals surface area contributed by atoms with E-state index in [0.29, 0.717) is 5.56 Å². The predicted molar refractivity (Wildman–Crippen MR) is 113 cm³/mol. The van der Waals surface area contributed by atoms with Crippen molar-refractivity contribution in [2.24, 2.45) is 0 Å². The zero-order valence-corrected chi connectivity index (χ0v) is 19.4. The van der Waals surface area contributed by atoms with E-state index < -0.39 is 40.6 Å². The maximum Gasteiger partial charge on any atom is 0.321 e. The summed E-state index contributed by atoms with van der Waals surface area (Å²) >= 11 is 0. The number of carbonyl (C=O) groups is 4.